The van der Waals surface area contributed by atoms with Crippen molar-refractivity contribution in [3.05, 3.63) is 29.8 Å². The largest absolute Gasteiger partial charge is 0.417 e. The number of alkyl halides is 3. The van der Waals surface area contributed by atoms with Gasteiger partial charge in [0.25, 0.3) is 0 Å². The topological polar surface area (TPSA) is 69.7 Å². The van der Waals surface area contributed by atoms with Crippen molar-refractivity contribution in [3.8, 4) is 0 Å². The minimum absolute atomic E-state index is 0.0277. The van der Waals surface area contributed by atoms with Crippen molar-refractivity contribution in [1.29, 1.82) is 0 Å². The summed E-state index contributed by atoms with van der Waals surface area (Å²) in [4.78, 5) is 13.1. The molecule has 1 fully saturated rings. The Morgan fingerprint density at radius 3 is 2.33 bits per heavy atom. The van der Waals surface area contributed by atoms with Gasteiger partial charge < -0.3 is 5.32 Å². The van der Waals surface area contributed by atoms with Crippen molar-refractivity contribution in [2.75, 3.05) is 32.7 Å². The molecule has 0 bridgehead atoms. The van der Waals surface area contributed by atoms with E-state index in [1.807, 2.05) is 11.8 Å². The Labute approximate surface area is 157 Å². The zero-order valence-electron chi connectivity index (χ0n) is 15.3. The van der Waals surface area contributed by atoms with Crippen LogP contribution in [0.2, 0.25) is 0 Å². The van der Waals surface area contributed by atoms with Crippen molar-refractivity contribution >= 4 is 15.9 Å². The first-order valence-electron chi connectivity index (χ1n) is 8.77. The molecule has 6 nitrogen and oxygen atoms in total. The number of carbonyl (C=O) groups excluding carboxylic acids is 1. The van der Waals surface area contributed by atoms with Gasteiger partial charge in [0.1, 0.15) is 0 Å². The number of carbonyl (C=O) groups is 1. The van der Waals surface area contributed by atoms with Gasteiger partial charge >= 0.3 is 6.18 Å². The van der Waals surface area contributed by atoms with Crippen LogP contribution in [0.4, 0.5) is 13.2 Å². The number of nitrogens with one attached hydrogen (secondary N) is 1. The fourth-order valence-corrected chi connectivity index (χ4v) is 4.59. The van der Waals surface area contributed by atoms with Crippen LogP contribution >= 0.6 is 0 Å². The number of amides is 1. The molecule has 0 aliphatic carbocycles. The van der Waals surface area contributed by atoms with E-state index >= 15 is 0 Å². The molecule has 0 aromatic heterocycles. The van der Waals surface area contributed by atoms with Gasteiger partial charge in [-0.2, -0.15) is 17.5 Å². The quantitative estimate of drug-likeness (QED) is 0.782. The zero-order valence-corrected chi connectivity index (χ0v) is 16.1. The van der Waals surface area contributed by atoms with Crippen LogP contribution in [0.5, 0.6) is 0 Å². The molecule has 2 rings (SSSR count). The fraction of sp³-hybridized carbons (Fsp3) is 0.588. The number of hydrogen-bond donors (Lipinski definition) is 1. The van der Waals surface area contributed by atoms with Gasteiger partial charge in [0, 0.05) is 32.7 Å². The Balaban J connectivity index is 2.11. The summed E-state index contributed by atoms with van der Waals surface area (Å²) >= 11 is 0. The molecule has 1 N–H and O–H groups in total. The van der Waals surface area contributed by atoms with E-state index in [2.05, 4.69) is 5.32 Å². The van der Waals surface area contributed by atoms with Gasteiger partial charge in [-0.25, -0.2) is 8.42 Å². The van der Waals surface area contributed by atoms with Gasteiger partial charge in [0.15, 0.2) is 0 Å². The molecule has 10 heteroatoms. The van der Waals surface area contributed by atoms with Crippen molar-refractivity contribution in [2.45, 2.75) is 37.4 Å². The number of sulfonamides is 1. The molecular formula is C17H24F3N3O3S. The summed E-state index contributed by atoms with van der Waals surface area (Å²) in [6.45, 7) is 4.83. The van der Waals surface area contributed by atoms with E-state index in [0.717, 1.165) is 28.9 Å². The molecule has 1 saturated heterocycles. The van der Waals surface area contributed by atoms with Crippen LogP contribution in [0.25, 0.3) is 0 Å². The Bertz CT molecular complexity index is 760. The zero-order chi connectivity index (χ0) is 20.2. The van der Waals surface area contributed by atoms with Crippen molar-refractivity contribution in [1.82, 2.24) is 14.5 Å². The lowest BCUT2D eigenvalue weighted by molar-refractivity contribution is -0.140. The van der Waals surface area contributed by atoms with Crippen LogP contribution in [0.3, 0.4) is 0 Å². The van der Waals surface area contributed by atoms with Gasteiger partial charge in [-0.3, -0.25) is 9.69 Å². The molecule has 1 aromatic rings. The summed E-state index contributed by atoms with van der Waals surface area (Å²) in [5, 5.41) is 2.78. The predicted octanol–water partition coefficient (Wildman–Crippen LogP) is 1.93. The lowest BCUT2D eigenvalue weighted by Gasteiger charge is -2.37. The minimum atomic E-state index is -4.75. The van der Waals surface area contributed by atoms with Crippen molar-refractivity contribution < 1.29 is 26.4 Å². The summed E-state index contributed by atoms with van der Waals surface area (Å²) in [5.74, 6) is -0.143. The van der Waals surface area contributed by atoms with Crippen LogP contribution in [-0.2, 0) is 21.0 Å². The summed E-state index contributed by atoms with van der Waals surface area (Å²) in [5.41, 5.74) is -1.17. The highest BCUT2D eigenvalue weighted by Crippen LogP contribution is 2.35. The van der Waals surface area contributed by atoms with Gasteiger partial charge in [0.05, 0.1) is 16.5 Å². The Morgan fingerprint density at radius 1 is 1.19 bits per heavy atom. The van der Waals surface area contributed by atoms with E-state index in [4.69, 9.17) is 0 Å². The SMILES string of the molecule is CCCNC(=O)[C@H](C)N1CCN(S(=O)(=O)c2ccccc2C(F)(F)F)CC1. The Hall–Kier alpha value is -1.65. The first kappa shape index (κ1) is 21.6. The van der Waals surface area contributed by atoms with Gasteiger partial charge in [0.2, 0.25) is 15.9 Å². The Morgan fingerprint density at radius 2 is 1.78 bits per heavy atom. The normalized spacial score (nSPS) is 18.3. The molecule has 1 aliphatic rings. The van der Waals surface area contributed by atoms with E-state index < -0.39 is 32.7 Å². The average Bonchev–Trinajstić information content (AvgIpc) is 2.65. The number of rotatable bonds is 6. The Kier molecular flexibility index (Phi) is 6.87. The third-order valence-corrected chi connectivity index (χ3v) is 6.52. The molecule has 1 aliphatic heterocycles. The highest BCUT2D eigenvalue weighted by Gasteiger charge is 2.40. The molecule has 0 saturated carbocycles. The highest BCUT2D eigenvalue weighted by atomic mass is 32.2. The number of hydrogen-bond acceptors (Lipinski definition) is 4. The lowest BCUT2D eigenvalue weighted by Crippen LogP contribution is -2.55. The van der Waals surface area contributed by atoms with Crippen molar-refractivity contribution in [3.63, 3.8) is 0 Å². The maximum Gasteiger partial charge on any atom is 0.417 e. The van der Waals surface area contributed by atoms with E-state index in [1.165, 1.54) is 6.07 Å². The van der Waals surface area contributed by atoms with E-state index in [-0.39, 0.29) is 32.1 Å². The monoisotopic (exact) mass is 407 g/mol. The number of halogens is 3. The summed E-state index contributed by atoms with van der Waals surface area (Å²) < 4.78 is 66.0. The average molecular weight is 407 g/mol. The van der Waals surface area contributed by atoms with Gasteiger partial charge in [-0.05, 0) is 25.5 Å². The van der Waals surface area contributed by atoms with E-state index in [9.17, 15) is 26.4 Å². The molecule has 1 atom stereocenters. The maximum absolute atomic E-state index is 13.2. The van der Waals surface area contributed by atoms with Crippen LogP contribution in [0.15, 0.2) is 29.2 Å². The molecule has 0 spiro atoms. The molecule has 0 radical (unpaired) electrons. The molecule has 27 heavy (non-hydrogen) atoms. The second kappa shape index (κ2) is 8.57. The third kappa shape index (κ3) is 4.99. The van der Waals surface area contributed by atoms with Crippen molar-refractivity contribution in [2.24, 2.45) is 0 Å². The van der Waals surface area contributed by atoms with Crippen LogP contribution in [-0.4, -0.2) is 62.3 Å². The number of piperazine rings is 1. The second-order valence-corrected chi connectivity index (χ2v) is 8.31. The number of nitrogens with zero attached hydrogens (tertiary/aromatic N) is 2. The summed E-state index contributed by atoms with van der Waals surface area (Å²) in [7, 11) is -4.27. The molecule has 1 aromatic carbocycles. The standard InChI is InChI=1S/C17H24F3N3O3S/c1-3-8-21-16(24)13(2)22-9-11-23(12-10-22)27(25,26)15-7-5-4-6-14(15)17(18,19)20/h4-7,13H,3,8-12H2,1-2H3,(H,21,24)/t13-/m0/s1. The number of benzene rings is 1. The van der Waals surface area contributed by atoms with Crippen LogP contribution < -0.4 is 5.32 Å². The van der Waals surface area contributed by atoms with E-state index in [0.29, 0.717) is 6.54 Å². The fourth-order valence-electron chi connectivity index (χ4n) is 2.96. The molecule has 0 unspecified atom stereocenters. The van der Waals surface area contributed by atoms with Gasteiger partial charge in [-0.15, -0.1) is 0 Å². The van der Waals surface area contributed by atoms with Crippen LogP contribution in [0.1, 0.15) is 25.8 Å². The lowest BCUT2D eigenvalue weighted by atomic mass is 10.2. The van der Waals surface area contributed by atoms with Crippen LogP contribution in [0, 0.1) is 0 Å². The van der Waals surface area contributed by atoms with E-state index in [1.54, 1.807) is 6.92 Å². The molecule has 152 valence electrons. The first-order valence-corrected chi connectivity index (χ1v) is 10.2. The summed E-state index contributed by atoms with van der Waals surface area (Å²) in [6.07, 6.45) is -3.94. The summed E-state index contributed by atoms with van der Waals surface area (Å²) in [6, 6.07) is 3.76. The van der Waals surface area contributed by atoms with Gasteiger partial charge in [-0.1, -0.05) is 19.1 Å². The maximum atomic E-state index is 13.2. The predicted molar refractivity (Wildman–Crippen MR) is 94.5 cm³/mol. The minimum Gasteiger partial charge on any atom is -0.355 e. The first-order chi connectivity index (χ1) is 12.6. The molecule has 1 heterocycles. The smallest absolute Gasteiger partial charge is 0.355 e. The molecular weight excluding hydrogens is 383 g/mol. The molecule has 1 amide bonds. The highest BCUT2D eigenvalue weighted by molar-refractivity contribution is 7.89. The third-order valence-electron chi connectivity index (χ3n) is 4.56. The second-order valence-electron chi connectivity index (χ2n) is 6.40.